The number of hydrogen-bond acceptors (Lipinski definition) is 2. The molecule has 1 aromatic carbocycles. The van der Waals surface area contributed by atoms with Crippen molar-refractivity contribution in [2.24, 2.45) is 11.3 Å². The van der Waals surface area contributed by atoms with Crippen LogP contribution in [0.2, 0.25) is 0 Å². The van der Waals surface area contributed by atoms with Crippen molar-refractivity contribution >= 4 is 0 Å². The van der Waals surface area contributed by atoms with Crippen LogP contribution in [0.5, 0.6) is 0 Å². The van der Waals surface area contributed by atoms with Crippen molar-refractivity contribution in [3.05, 3.63) is 42.4 Å². The molecule has 0 amide bonds. The normalized spacial score (nSPS) is 30.2. The number of benzene rings is 1. The molecule has 2 aromatic rings. The predicted octanol–water partition coefficient (Wildman–Crippen LogP) is 3.25. The summed E-state index contributed by atoms with van der Waals surface area (Å²) in [7, 11) is 0. The molecule has 1 fully saturated rings. The molecule has 1 unspecified atom stereocenters. The molecule has 0 saturated heterocycles. The molecule has 20 heavy (non-hydrogen) atoms. The first kappa shape index (κ1) is 12.2. The SMILES string of the molecule is CC1(C)CC[C@H](C2c3ccccc3-c3cncn32)[C@@H]1O. The van der Waals surface area contributed by atoms with E-state index in [9.17, 15) is 5.11 Å². The van der Waals surface area contributed by atoms with Crippen molar-refractivity contribution in [2.45, 2.75) is 38.8 Å². The predicted molar refractivity (Wildman–Crippen MR) is 78.3 cm³/mol. The van der Waals surface area contributed by atoms with E-state index in [1.54, 1.807) is 0 Å². The van der Waals surface area contributed by atoms with Gasteiger partial charge in [-0.1, -0.05) is 38.1 Å². The second-order valence-electron chi connectivity index (χ2n) is 6.85. The van der Waals surface area contributed by atoms with Gasteiger partial charge in [0.1, 0.15) is 0 Å². The van der Waals surface area contributed by atoms with Gasteiger partial charge in [0.25, 0.3) is 0 Å². The molecule has 2 heterocycles. The highest BCUT2D eigenvalue weighted by atomic mass is 16.3. The Morgan fingerprint density at radius 1 is 1.30 bits per heavy atom. The van der Waals surface area contributed by atoms with Crippen molar-refractivity contribution < 1.29 is 5.11 Å². The number of aromatic nitrogens is 2. The van der Waals surface area contributed by atoms with Gasteiger partial charge in [0.2, 0.25) is 0 Å². The Morgan fingerprint density at radius 2 is 2.10 bits per heavy atom. The first-order valence-electron chi connectivity index (χ1n) is 7.39. The van der Waals surface area contributed by atoms with E-state index in [4.69, 9.17) is 0 Å². The van der Waals surface area contributed by atoms with E-state index in [1.807, 2.05) is 12.5 Å². The molecule has 1 aromatic heterocycles. The quantitative estimate of drug-likeness (QED) is 0.862. The number of hydrogen-bond donors (Lipinski definition) is 1. The highest BCUT2D eigenvalue weighted by Crippen LogP contribution is 2.52. The number of fused-ring (bicyclic) bond motifs is 3. The first-order valence-corrected chi connectivity index (χ1v) is 7.39. The van der Waals surface area contributed by atoms with Crippen LogP contribution in [0.3, 0.4) is 0 Å². The summed E-state index contributed by atoms with van der Waals surface area (Å²) in [6.07, 6.45) is 5.75. The van der Waals surface area contributed by atoms with Crippen LogP contribution in [-0.2, 0) is 0 Å². The van der Waals surface area contributed by atoms with Crippen molar-refractivity contribution in [1.29, 1.82) is 0 Å². The standard InChI is InChI=1S/C17H20N2O/c1-17(2)8-7-13(16(17)20)15-12-6-4-3-5-11(12)14-9-18-10-19(14)15/h3-6,9-10,13,15-16,20H,7-8H2,1-2H3/t13-,15?,16+/m1/s1. The van der Waals surface area contributed by atoms with Crippen molar-refractivity contribution in [3.8, 4) is 11.3 Å². The van der Waals surface area contributed by atoms with Gasteiger partial charge in [-0.15, -0.1) is 0 Å². The lowest BCUT2D eigenvalue weighted by atomic mass is 9.83. The molecule has 4 rings (SSSR count). The van der Waals surface area contributed by atoms with E-state index < -0.39 is 0 Å². The lowest BCUT2D eigenvalue weighted by Gasteiger charge is -2.30. The van der Waals surface area contributed by atoms with Crippen molar-refractivity contribution in [2.75, 3.05) is 0 Å². The Hall–Kier alpha value is -1.61. The lowest BCUT2D eigenvalue weighted by molar-refractivity contribution is 0.0344. The zero-order chi connectivity index (χ0) is 13.9. The van der Waals surface area contributed by atoms with Gasteiger partial charge in [-0.05, 0) is 23.8 Å². The summed E-state index contributed by atoms with van der Waals surface area (Å²) < 4.78 is 2.25. The zero-order valence-corrected chi connectivity index (χ0v) is 12.0. The van der Waals surface area contributed by atoms with Gasteiger partial charge in [-0.25, -0.2) is 4.98 Å². The van der Waals surface area contributed by atoms with Gasteiger partial charge in [0.05, 0.1) is 30.4 Å². The van der Waals surface area contributed by atoms with Gasteiger partial charge < -0.3 is 9.67 Å². The number of aliphatic hydroxyl groups is 1. The fourth-order valence-electron chi connectivity index (χ4n) is 4.06. The van der Waals surface area contributed by atoms with Crippen LogP contribution in [-0.4, -0.2) is 20.8 Å². The molecule has 0 radical (unpaired) electrons. The second-order valence-corrected chi connectivity index (χ2v) is 6.85. The Balaban J connectivity index is 1.84. The van der Waals surface area contributed by atoms with Crippen LogP contribution in [0.25, 0.3) is 11.3 Å². The molecule has 1 aliphatic heterocycles. The fraction of sp³-hybridized carbons (Fsp3) is 0.471. The molecule has 1 N–H and O–H groups in total. The van der Waals surface area contributed by atoms with Crippen LogP contribution in [0.4, 0.5) is 0 Å². The highest BCUT2D eigenvalue weighted by Gasteiger charge is 2.47. The Kier molecular flexibility index (Phi) is 2.40. The maximum atomic E-state index is 10.7. The lowest BCUT2D eigenvalue weighted by Crippen LogP contribution is -2.32. The third kappa shape index (κ3) is 1.47. The Morgan fingerprint density at radius 3 is 2.85 bits per heavy atom. The van der Waals surface area contributed by atoms with Crippen LogP contribution in [0, 0.1) is 11.3 Å². The van der Waals surface area contributed by atoms with Crippen molar-refractivity contribution in [1.82, 2.24) is 9.55 Å². The largest absolute Gasteiger partial charge is 0.392 e. The van der Waals surface area contributed by atoms with Gasteiger partial charge in [0, 0.05) is 11.5 Å². The van der Waals surface area contributed by atoms with E-state index in [0.717, 1.165) is 12.8 Å². The molecule has 3 atom stereocenters. The van der Waals surface area contributed by atoms with Crippen LogP contribution >= 0.6 is 0 Å². The minimum Gasteiger partial charge on any atom is -0.392 e. The number of nitrogens with zero attached hydrogens (tertiary/aromatic N) is 2. The van der Waals surface area contributed by atoms with E-state index in [1.165, 1.54) is 16.8 Å². The molecule has 3 heteroatoms. The number of rotatable bonds is 1. The van der Waals surface area contributed by atoms with E-state index in [-0.39, 0.29) is 23.5 Å². The van der Waals surface area contributed by atoms with Gasteiger partial charge in [-0.2, -0.15) is 0 Å². The number of aliphatic hydroxyl groups excluding tert-OH is 1. The Bertz CT molecular complexity index is 659. The highest BCUT2D eigenvalue weighted by molar-refractivity contribution is 5.69. The zero-order valence-electron chi connectivity index (χ0n) is 12.0. The summed E-state index contributed by atoms with van der Waals surface area (Å²) in [6, 6.07) is 8.77. The molecular formula is C17H20N2O. The van der Waals surface area contributed by atoms with E-state index >= 15 is 0 Å². The summed E-state index contributed by atoms with van der Waals surface area (Å²) in [5.74, 6) is 0.279. The second kappa shape index (κ2) is 3.95. The minimum absolute atomic E-state index is 0.0168. The van der Waals surface area contributed by atoms with Crippen LogP contribution < -0.4 is 0 Å². The average molecular weight is 268 g/mol. The molecule has 3 nitrogen and oxygen atoms in total. The Labute approximate surface area is 119 Å². The summed E-state index contributed by atoms with van der Waals surface area (Å²) in [4.78, 5) is 4.31. The molecule has 1 aliphatic carbocycles. The van der Waals surface area contributed by atoms with Crippen LogP contribution in [0.15, 0.2) is 36.8 Å². The van der Waals surface area contributed by atoms with Gasteiger partial charge in [0.15, 0.2) is 0 Å². The van der Waals surface area contributed by atoms with Crippen LogP contribution in [0.1, 0.15) is 38.3 Å². The maximum absolute atomic E-state index is 10.7. The van der Waals surface area contributed by atoms with E-state index in [0.29, 0.717) is 0 Å². The third-order valence-electron chi connectivity index (χ3n) is 5.25. The number of imidazole rings is 1. The summed E-state index contributed by atoms with van der Waals surface area (Å²) in [6.45, 7) is 4.35. The molecule has 0 spiro atoms. The monoisotopic (exact) mass is 268 g/mol. The fourth-order valence-corrected chi connectivity index (χ4v) is 4.06. The van der Waals surface area contributed by atoms with E-state index in [2.05, 4.69) is 47.7 Å². The summed E-state index contributed by atoms with van der Waals surface area (Å²) in [5, 5.41) is 10.7. The van der Waals surface area contributed by atoms with Gasteiger partial charge >= 0.3 is 0 Å². The summed E-state index contributed by atoms with van der Waals surface area (Å²) in [5.41, 5.74) is 3.81. The topological polar surface area (TPSA) is 38.0 Å². The smallest absolute Gasteiger partial charge is 0.0956 e. The van der Waals surface area contributed by atoms with Gasteiger partial charge in [-0.3, -0.25) is 0 Å². The average Bonchev–Trinajstić information content (AvgIpc) is 3.07. The third-order valence-corrected chi connectivity index (χ3v) is 5.25. The molecule has 1 saturated carbocycles. The minimum atomic E-state index is -0.256. The first-order chi connectivity index (χ1) is 9.59. The molecule has 0 bridgehead atoms. The van der Waals surface area contributed by atoms with Crippen molar-refractivity contribution in [3.63, 3.8) is 0 Å². The molecular weight excluding hydrogens is 248 g/mol. The molecule has 2 aliphatic rings. The summed E-state index contributed by atoms with van der Waals surface area (Å²) >= 11 is 0. The maximum Gasteiger partial charge on any atom is 0.0956 e. The molecule has 104 valence electrons.